The highest BCUT2D eigenvalue weighted by Gasteiger charge is 2.25. The van der Waals surface area contributed by atoms with Crippen LogP contribution in [0.4, 0.5) is 14.9 Å². The minimum Gasteiger partial charge on any atom is -0.451 e. The lowest BCUT2D eigenvalue weighted by Gasteiger charge is -2.22. The zero-order chi connectivity index (χ0) is 21.8. The number of nitrogens with zero attached hydrogens (tertiary/aromatic N) is 2. The van der Waals surface area contributed by atoms with Crippen molar-refractivity contribution >= 4 is 29.2 Å². The first kappa shape index (κ1) is 20.9. The quantitative estimate of drug-likeness (QED) is 0.613. The number of nitrogens with one attached hydrogen (secondary N) is 1. The van der Waals surface area contributed by atoms with E-state index in [1.54, 1.807) is 58.3 Å². The second-order valence-corrected chi connectivity index (χ2v) is 7.68. The van der Waals surface area contributed by atoms with Gasteiger partial charge in [0.05, 0.1) is 0 Å². The summed E-state index contributed by atoms with van der Waals surface area (Å²) in [5, 5.41) is 3.45. The number of amides is 3. The molecule has 4 rings (SSSR count). The lowest BCUT2D eigenvalue weighted by Crippen LogP contribution is -2.39. The van der Waals surface area contributed by atoms with Crippen molar-refractivity contribution in [1.29, 1.82) is 0 Å². The Morgan fingerprint density at radius 1 is 0.871 bits per heavy atom. The van der Waals surface area contributed by atoms with E-state index in [0.717, 1.165) is 0 Å². The highest BCUT2D eigenvalue weighted by Crippen LogP contribution is 2.23. The van der Waals surface area contributed by atoms with Gasteiger partial charge in [0.1, 0.15) is 11.6 Å². The van der Waals surface area contributed by atoms with Gasteiger partial charge in [0.15, 0.2) is 5.76 Å². The monoisotopic (exact) mass is 441 g/mol. The number of carbonyl (C=O) groups excluding carboxylic acids is 2. The third-order valence-electron chi connectivity index (χ3n) is 5.11. The van der Waals surface area contributed by atoms with Crippen molar-refractivity contribution in [2.45, 2.75) is 6.42 Å². The van der Waals surface area contributed by atoms with Gasteiger partial charge in [0, 0.05) is 42.5 Å². The first-order valence-corrected chi connectivity index (χ1v) is 10.3. The molecule has 3 amide bonds. The van der Waals surface area contributed by atoms with Crippen LogP contribution in [0.2, 0.25) is 5.02 Å². The molecule has 1 N–H and O–H groups in total. The summed E-state index contributed by atoms with van der Waals surface area (Å²) in [5.41, 5.74) is 1.36. The van der Waals surface area contributed by atoms with Crippen LogP contribution in [0.25, 0.3) is 11.3 Å². The van der Waals surface area contributed by atoms with Gasteiger partial charge in [-0.3, -0.25) is 4.79 Å². The molecule has 31 heavy (non-hydrogen) atoms. The minimum absolute atomic E-state index is 0.215. The fourth-order valence-electron chi connectivity index (χ4n) is 3.44. The Hall–Kier alpha value is -3.32. The molecule has 1 fully saturated rings. The van der Waals surface area contributed by atoms with Gasteiger partial charge in [-0.05, 0) is 67.1 Å². The molecule has 0 unspecified atom stereocenters. The number of furan rings is 1. The molecule has 1 aliphatic heterocycles. The molecule has 0 saturated carbocycles. The number of urea groups is 1. The van der Waals surface area contributed by atoms with Gasteiger partial charge >= 0.3 is 6.03 Å². The second kappa shape index (κ2) is 9.22. The topological polar surface area (TPSA) is 65.8 Å². The van der Waals surface area contributed by atoms with Crippen molar-refractivity contribution in [3.05, 3.63) is 77.3 Å². The van der Waals surface area contributed by atoms with Crippen LogP contribution in [0.3, 0.4) is 0 Å². The van der Waals surface area contributed by atoms with E-state index in [1.807, 2.05) is 0 Å². The number of halogens is 2. The first-order valence-electron chi connectivity index (χ1n) is 9.96. The van der Waals surface area contributed by atoms with Gasteiger partial charge in [0.2, 0.25) is 0 Å². The van der Waals surface area contributed by atoms with Crippen LogP contribution in [-0.4, -0.2) is 47.9 Å². The van der Waals surface area contributed by atoms with Crippen molar-refractivity contribution < 1.29 is 18.4 Å². The molecule has 0 atom stereocenters. The minimum atomic E-state index is -0.333. The lowest BCUT2D eigenvalue weighted by molar-refractivity contribution is 0.0731. The van der Waals surface area contributed by atoms with Gasteiger partial charge in [-0.15, -0.1) is 0 Å². The Balaban J connectivity index is 1.37. The molecule has 1 aliphatic rings. The summed E-state index contributed by atoms with van der Waals surface area (Å²) in [5.74, 6) is 0.162. The molecule has 0 aliphatic carbocycles. The molecule has 6 nitrogen and oxygen atoms in total. The average Bonchev–Trinajstić information content (AvgIpc) is 3.13. The van der Waals surface area contributed by atoms with Gasteiger partial charge in [-0.1, -0.05) is 11.6 Å². The number of hydrogen-bond donors (Lipinski definition) is 1. The van der Waals surface area contributed by atoms with Gasteiger partial charge in [-0.2, -0.15) is 0 Å². The van der Waals surface area contributed by atoms with Crippen LogP contribution < -0.4 is 5.32 Å². The zero-order valence-corrected chi connectivity index (χ0v) is 17.4. The van der Waals surface area contributed by atoms with E-state index in [0.29, 0.717) is 54.6 Å². The predicted molar refractivity (Wildman–Crippen MR) is 117 cm³/mol. The highest BCUT2D eigenvalue weighted by atomic mass is 35.5. The fraction of sp³-hybridized carbons (Fsp3) is 0.217. The number of benzene rings is 2. The third kappa shape index (κ3) is 5.06. The van der Waals surface area contributed by atoms with Crippen molar-refractivity contribution in [2.75, 3.05) is 31.5 Å². The van der Waals surface area contributed by atoms with Crippen LogP contribution in [-0.2, 0) is 0 Å². The van der Waals surface area contributed by atoms with Gasteiger partial charge in [0.25, 0.3) is 5.91 Å². The highest BCUT2D eigenvalue weighted by molar-refractivity contribution is 6.30. The molecular formula is C23H21ClFN3O3. The third-order valence-corrected chi connectivity index (χ3v) is 5.36. The summed E-state index contributed by atoms with van der Waals surface area (Å²) in [4.78, 5) is 28.8. The van der Waals surface area contributed by atoms with Gasteiger partial charge < -0.3 is 19.5 Å². The average molecular weight is 442 g/mol. The van der Waals surface area contributed by atoms with E-state index in [2.05, 4.69) is 5.32 Å². The molecule has 1 aromatic heterocycles. The SMILES string of the molecule is O=C(Nc1ccc(Cl)cc1)N1CCCN(C(=O)c2ccc(-c3ccc(F)cc3)o2)CC1. The van der Waals surface area contributed by atoms with Crippen LogP contribution in [0.5, 0.6) is 0 Å². The Morgan fingerprint density at radius 2 is 1.55 bits per heavy atom. The summed E-state index contributed by atoms with van der Waals surface area (Å²) in [6.07, 6.45) is 0.658. The van der Waals surface area contributed by atoms with Crippen molar-refractivity contribution in [3.63, 3.8) is 0 Å². The van der Waals surface area contributed by atoms with E-state index in [1.165, 1.54) is 12.1 Å². The number of carbonyl (C=O) groups is 2. The van der Waals surface area contributed by atoms with Crippen molar-refractivity contribution in [3.8, 4) is 11.3 Å². The van der Waals surface area contributed by atoms with Crippen molar-refractivity contribution in [2.24, 2.45) is 0 Å². The Morgan fingerprint density at radius 3 is 2.29 bits per heavy atom. The normalized spacial score (nSPS) is 14.3. The molecule has 3 aromatic rings. The van der Waals surface area contributed by atoms with E-state index in [-0.39, 0.29) is 23.5 Å². The summed E-state index contributed by atoms with van der Waals surface area (Å²) in [7, 11) is 0. The van der Waals surface area contributed by atoms with Gasteiger partial charge in [-0.25, -0.2) is 9.18 Å². The maximum atomic E-state index is 13.1. The van der Waals surface area contributed by atoms with E-state index < -0.39 is 0 Å². The molecule has 0 bridgehead atoms. The zero-order valence-electron chi connectivity index (χ0n) is 16.7. The fourth-order valence-corrected chi connectivity index (χ4v) is 3.56. The Labute approximate surface area is 184 Å². The Kier molecular flexibility index (Phi) is 6.23. The van der Waals surface area contributed by atoms with E-state index in [9.17, 15) is 14.0 Å². The summed E-state index contributed by atoms with van der Waals surface area (Å²) in [6.45, 7) is 1.88. The maximum Gasteiger partial charge on any atom is 0.321 e. The molecule has 2 aromatic carbocycles. The summed E-state index contributed by atoms with van der Waals surface area (Å²) < 4.78 is 18.8. The van der Waals surface area contributed by atoms with Crippen LogP contribution >= 0.6 is 11.6 Å². The summed E-state index contributed by atoms with van der Waals surface area (Å²) in [6, 6.07) is 15.9. The maximum absolute atomic E-state index is 13.1. The standard InChI is InChI=1S/C23H21ClFN3O3/c24-17-4-8-19(9-5-17)26-23(30)28-13-1-12-27(14-15-28)22(29)21-11-10-20(31-21)16-2-6-18(25)7-3-16/h2-11H,1,12-15H2,(H,26,30). The second-order valence-electron chi connectivity index (χ2n) is 7.24. The number of rotatable bonds is 3. The molecule has 0 spiro atoms. The van der Waals surface area contributed by atoms with E-state index >= 15 is 0 Å². The van der Waals surface area contributed by atoms with Crippen LogP contribution in [0.1, 0.15) is 17.0 Å². The predicted octanol–water partition coefficient (Wildman–Crippen LogP) is 5.12. The number of anilines is 1. The molecule has 8 heteroatoms. The molecule has 1 saturated heterocycles. The molecule has 160 valence electrons. The smallest absolute Gasteiger partial charge is 0.321 e. The molecular weight excluding hydrogens is 421 g/mol. The molecule has 2 heterocycles. The lowest BCUT2D eigenvalue weighted by atomic mass is 10.2. The largest absolute Gasteiger partial charge is 0.451 e. The summed E-state index contributed by atoms with van der Waals surface area (Å²) >= 11 is 5.87. The van der Waals surface area contributed by atoms with Crippen LogP contribution in [0.15, 0.2) is 65.1 Å². The Bertz CT molecular complexity index is 1070. The number of hydrogen-bond acceptors (Lipinski definition) is 3. The molecule has 0 radical (unpaired) electrons. The van der Waals surface area contributed by atoms with E-state index in [4.69, 9.17) is 16.0 Å². The first-order chi connectivity index (χ1) is 15.0. The van der Waals surface area contributed by atoms with Crippen LogP contribution in [0, 0.1) is 5.82 Å². The van der Waals surface area contributed by atoms with Crippen molar-refractivity contribution in [1.82, 2.24) is 9.80 Å².